The van der Waals surface area contributed by atoms with Crippen LogP contribution in [0.4, 0.5) is 0 Å². The summed E-state index contributed by atoms with van der Waals surface area (Å²) in [6.07, 6.45) is 3.38. The average Bonchev–Trinajstić information content (AvgIpc) is 3.17. The number of carbonyl (C=O) groups excluding carboxylic acids is 2. The van der Waals surface area contributed by atoms with Gasteiger partial charge >= 0.3 is 11.9 Å². The fourth-order valence-corrected chi connectivity index (χ4v) is 5.75. The fraction of sp³-hybridized carbons (Fsp3) is 0.882. The Balaban J connectivity index is 1.46. The van der Waals surface area contributed by atoms with Crippen molar-refractivity contribution in [3.8, 4) is 0 Å². The summed E-state index contributed by atoms with van der Waals surface area (Å²) in [5.74, 6) is 3.75. The summed E-state index contributed by atoms with van der Waals surface area (Å²) < 4.78 is 10.3. The third kappa shape index (κ3) is 1.94. The Bertz CT molecular complexity index is 473. The van der Waals surface area contributed by atoms with Crippen LogP contribution in [0.1, 0.15) is 39.5 Å². The molecule has 0 spiro atoms. The standard InChI is InChI=1S/C17H24O4/c1-8-5-11-10-6-12(15(11)9(8)2)13(7-10)16(18)21-14-3-4-20-17(14)19/h8-15H,3-7H2,1-2H3. The SMILES string of the molecule is CC1CC2C3CC(C(=O)OC4CCOC4=O)C(C3)C2C1C. The Morgan fingerprint density at radius 3 is 2.71 bits per heavy atom. The predicted octanol–water partition coefficient (Wildman–Crippen LogP) is 2.41. The molecule has 0 radical (unpaired) electrons. The summed E-state index contributed by atoms with van der Waals surface area (Å²) in [6.45, 7) is 5.09. The molecule has 2 bridgehead atoms. The highest BCUT2D eigenvalue weighted by Crippen LogP contribution is 2.64. The van der Waals surface area contributed by atoms with Gasteiger partial charge in [-0.25, -0.2) is 4.79 Å². The molecule has 3 saturated carbocycles. The van der Waals surface area contributed by atoms with Crippen LogP contribution in [0.15, 0.2) is 0 Å². The van der Waals surface area contributed by atoms with Gasteiger partial charge in [0.2, 0.25) is 6.10 Å². The van der Waals surface area contributed by atoms with Gasteiger partial charge in [-0.3, -0.25) is 4.79 Å². The maximum absolute atomic E-state index is 12.5. The Kier molecular flexibility index (Phi) is 3.05. The maximum atomic E-state index is 12.5. The lowest BCUT2D eigenvalue weighted by Gasteiger charge is -2.33. The normalized spacial score (nSPS) is 51.0. The van der Waals surface area contributed by atoms with E-state index in [9.17, 15) is 9.59 Å². The molecule has 1 aliphatic heterocycles. The quantitative estimate of drug-likeness (QED) is 0.733. The number of rotatable bonds is 2. The first-order chi connectivity index (χ1) is 10.1. The lowest BCUT2D eigenvalue weighted by Crippen LogP contribution is -2.35. The van der Waals surface area contributed by atoms with E-state index in [4.69, 9.17) is 9.47 Å². The first kappa shape index (κ1) is 13.6. The average molecular weight is 292 g/mol. The number of esters is 2. The molecule has 21 heavy (non-hydrogen) atoms. The van der Waals surface area contributed by atoms with Gasteiger partial charge < -0.3 is 9.47 Å². The van der Waals surface area contributed by atoms with Crippen molar-refractivity contribution in [3.05, 3.63) is 0 Å². The van der Waals surface area contributed by atoms with E-state index in [0.29, 0.717) is 30.8 Å². The number of ether oxygens (including phenoxy) is 2. The Morgan fingerprint density at radius 1 is 1.19 bits per heavy atom. The second-order valence-electron chi connectivity index (χ2n) is 7.70. The first-order valence-electron chi connectivity index (χ1n) is 8.43. The van der Waals surface area contributed by atoms with Crippen LogP contribution in [0.5, 0.6) is 0 Å². The van der Waals surface area contributed by atoms with Gasteiger partial charge in [0.05, 0.1) is 12.5 Å². The summed E-state index contributed by atoms with van der Waals surface area (Å²) in [5.41, 5.74) is 0. The monoisotopic (exact) mass is 292 g/mol. The topological polar surface area (TPSA) is 52.6 Å². The number of hydrogen-bond acceptors (Lipinski definition) is 4. The highest BCUT2D eigenvalue weighted by atomic mass is 16.6. The molecule has 8 atom stereocenters. The van der Waals surface area contributed by atoms with Gasteiger partial charge in [0.25, 0.3) is 0 Å². The zero-order chi connectivity index (χ0) is 14.7. The van der Waals surface area contributed by atoms with E-state index in [1.807, 2.05) is 0 Å². The van der Waals surface area contributed by atoms with Gasteiger partial charge in [-0.1, -0.05) is 13.8 Å². The molecule has 4 heteroatoms. The lowest BCUT2D eigenvalue weighted by atomic mass is 9.73. The van der Waals surface area contributed by atoms with E-state index >= 15 is 0 Å². The zero-order valence-corrected chi connectivity index (χ0v) is 12.8. The molecule has 4 nitrogen and oxygen atoms in total. The van der Waals surface area contributed by atoms with Gasteiger partial charge in [0.15, 0.2) is 0 Å². The predicted molar refractivity (Wildman–Crippen MR) is 75.1 cm³/mol. The molecular weight excluding hydrogens is 268 g/mol. The van der Waals surface area contributed by atoms with Crippen molar-refractivity contribution in [2.75, 3.05) is 6.61 Å². The maximum Gasteiger partial charge on any atom is 0.347 e. The van der Waals surface area contributed by atoms with Gasteiger partial charge in [-0.05, 0) is 54.8 Å². The smallest absolute Gasteiger partial charge is 0.347 e. The summed E-state index contributed by atoms with van der Waals surface area (Å²) >= 11 is 0. The van der Waals surface area contributed by atoms with E-state index in [0.717, 1.165) is 24.2 Å². The van der Waals surface area contributed by atoms with Crippen LogP contribution in [-0.4, -0.2) is 24.6 Å². The van der Waals surface area contributed by atoms with Gasteiger partial charge in [-0.15, -0.1) is 0 Å². The second-order valence-corrected chi connectivity index (χ2v) is 7.70. The molecule has 0 aromatic carbocycles. The molecule has 116 valence electrons. The zero-order valence-electron chi connectivity index (χ0n) is 12.8. The van der Waals surface area contributed by atoms with Crippen molar-refractivity contribution < 1.29 is 19.1 Å². The van der Waals surface area contributed by atoms with Crippen LogP contribution in [0.25, 0.3) is 0 Å². The summed E-state index contributed by atoms with van der Waals surface area (Å²) in [7, 11) is 0. The first-order valence-corrected chi connectivity index (χ1v) is 8.43. The highest BCUT2D eigenvalue weighted by molar-refractivity contribution is 5.81. The van der Waals surface area contributed by atoms with Crippen molar-refractivity contribution in [2.45, 2.75) is 45.6 Å². The fourth-order valence-electron chi connectivity index (χ4n) is 5.75. The van der Waals surface area contributed by atoms with Crippen molar-refractivity contribution in [1.82, 2.24) is 0 Å². The summed E-state index contributed by atoms with van der Waals surface area (Å²) in [6, 6.07) is 0. The van der Waals surface area contributed by atoms with Crippen LogP contribution in [-0.2, 0) is 19.1 Å². The highest BCUT2D eigenvalue weighted by Gasteiger charge is 2.59. The molecule has 0 amide bonds. The molecule has 4 aliphatic rings. The third-order valence-electron chi connectivity index (χ3n) is 6.84. The van der Waals surface area contributed by atoms with Crippen molar-refractivity contribution in [3.63, 3.8) is 0 Å². The van der Waals surface area contributed by atoms with Crippen LogP contribution in [0.2, 0.25) is 0 Å². The Morgan fingerprint density at radius 2 is 2.00 bits per heavy atom. The van der Waals surface area contributed by atoms with Crippen LogP contribution in [0.3, 0.4) is 0 Å². The lowest BCUT2D eigenvalue weighted by molar-refractivity contribution is -0.165. The Hall–Kier alpha value is -1.06. The molecule has 4 fully saturated rings. The molecule has 3 aliphatic carbocycles. The molecule has 0 aromatic rings. The summed E-state index contributed by atoms with van der Waals surface area (Å²) in [5, 5.41) is 0. The minimum Gasteiger partial charge on any atom is -0.463 e. The molecule has 0 N–H and O–H groups in total. The van der Waals surface area contributed by atoms with E-state index in [1.165, 1.54) is 12.8 Å². The van der Waals surface area contributed by atoms with Crippen molar-refractivity contribution >= 4 is 11.9 Å². The van der Waals surface area contributed by atoms with E-state index < -0.39 is 6.10 Å². The van der Waals surface area contributed by atoms with E-state index in [2.05, 4.69) is 13.8 Å². The molecule has 0 aromatic heterocycles. The second kappa shape index (κ2) is 4.72. The molecule has 8 unspecified atom stereocenters. The minimum atomic E-state index is -0.646. The third-order valence-corrected chi connectivity index (χ3v) is 6.84. The minimum absolute atomic E-state index is 0.0254. The largest absolute Gasteiger partial charge is 0.463 e. The van der Waals surface area contributed by atoms with Crippen molar-refractivity contribution in [2.24, 2.45) is 41.4 Å². The number of fused-ring (bicyclic) bond motifs is 5. The molecular formula is C17H24O4. The summed E-state index contributed by atoms with van der Waals surface area (Å²) in [4.78, 5) is 23.9. The van der Waals surface area contributed by atoms with Crippen molar-refractivity contribution in [1.29, 1.82) is 0 Å². The molecule has 1 saturated heterocycles. The number of hydrogen-bond donors (Lipinski definition) is 0. The van der Waals surface area contributed by atoms with Gasteiger partial charge in [0, 0.05) is 6.42 Å². The number of carbonyl (C=O) groups is 2. The Labute approximate surface area is 125 Å². The van der Waals surface area contributed by atoms with Crippen LogP contribution in [0, 0.1) is 41.4 Å². The molecule has 1 heterocycles. The van der Waals surface area contributed by atoms with E-state index in [1.54, 1.807) is 0 Å². The van der Waals surface area contributed by atoms with Gasteiger partial charge in [-0.2, -0.15) is 0 Å². The van der Waals surface area contributed by atoms with E-state index in [-0.39, 0.29) is 17.9 Å². The van der Waals surface area contributed by atoms with Crippen LogP contribution < -0.4 is 0 Å². The molecule has 4 rings (SSSR count). The van der Waals surface area contributed by atoms with Gasteiger partial charge in [0.1, 0.15) is 0 Å². The van der Waals surface area contributed by atoms with Crippen LogP contribution >= 0.6 is 0 Å². The number of cyclic esters (lactones) is 1.